The predicted molar refractivity (Wildman–Crippen MR) is 65.1 cm³/mol. The number of halogens is 1. The Balaban J connectivity index is 2.62. The minimum Gasteiger partial charge on any atom is -0.305 e. The number of nitrogens with zero attached hydrogens (tertiary/aromatic N) is 2. The van der Waals surface area contributed by atoms with Crippen LogP contribution >= 0.6 is 15.9 Å². The van der Waals surface area contributed by atoms with Gasteiger partial charge in [-0.1, -0.05) is 18.2 Å². The molecule has 0 aliphatic heterocycles. The molecule has 0 bridgehead atoms. The highest BCUT2D eigenvalue weighted by Gasteiger charge is 2.05. The molecule has 0 fully saturated rings. The Labute approximate surface area is 95.7 Å². The zero-order valence-corrected chi connectivity index (χ0v) is 9.82. The summed E-state index contributed by atoms with van der Waals surface area (Å²) in [6.45, 7) is 2.12. The summed E-state index contributed by atoms with van der Waals surface area (Å²) in [4.78, 5) is 4.48. The van der Waals surface area contributed by atoms with Gasteiger partial charge in [-0.15, -0.1) is 0 Å². The van der Waals surface area contributed by atoms with Gasteiger partial charge in [0.15, 0.2) is 0 Å². The summed E-state index contributed by atoms with van der Waals surface area (Å²) >= 11 is 3.40. The van der Waals surface area contributed by atoms with Crippen LogP contribution in [0.4, 0.5) is 0 Å². The maximum absolute atomic E-state index is 4.48. The third-order valence-corrected chi connectivity index (χ3v) is 3.03. The molecule has 3 rings (SSSR count). The highest BCUT2D eigenvalue weighted by Crippen LogP contribution is 2.24. The molecule has 0 unspecified atom stereocenters. The smallest absolute Gasteiger partial charge is 0.146 e. The molecule has 0 atom stereocenters. The fourth-order valence-corrected chi connectivity index (χ4v) is 2.35. The van der Waals surface area contributed by atoms with Crippen LogP contribution in [0.15, 0.2) is 41.3 Å². The second kappa shape index (κ2) is 3.07. The number of pyridine rings is 1. The monoisotopic (exact) mass is 260 g/mol. The van der Waals surface area contributed by atoms with Gasteiger partial charge in [0.05, 0.1) is 0 Å². The van der Waals surface area contributed by atoms with Crippen molar-refractivity contribution < 1.29 is 0 Å². The second-order valence-electron chi connectivity index (χ2n) is 3.65. The van der Waals surface area contributed by atoms with Crippen LogP contribution in [0.5, 0.6) is 0 Å². The van der Waals surface area contributed by atoms with Crippen molar-refractivity contribution in [1.29, 1.82) is 0 Å². The van der Waals surface area contributed by atoms with Crippen LogP contribution in [0.2, 0.25) is 0 Å². The van der Waals surface area contributed by atoms with Crippen LogP contribution in [0.3, 0.4) is 0 Å². The Morgan fingerprint density at radius 3 is 3.00 bits per heavy atom. The van der Waals surface area contributed by atoms with Gasteiger partial charge >= 0.3 is 0 Å². The van der Waals surface area contributed by atoms with E-state index in [9.17, 15) is 0 Å². The summed E-state index contributed by atoms with van der Waals surface area (Å²) in [5.74, 6) is 0. The van der Waals surface area contributed by atoms with E-state index in [0.717, 1.165) is 10.3 Å². The van der Waals surface area contributed by atoms with Crippen LogP contribution in [-0.4, -0.2) is 9.38 Å². The first-order chi connectivity index (χ1) is 7.25. The largest absolute Gasteiger partial charge is 0.305 e. The van der Waals surface area contributed by atoms with Crippen molar-refractivity contribution in [3.63, 3.8) is 0 Å². The first-order valence-corrected chi connectivity index (χ1v) is 5.57. The molecule has 0 saturated heterocycles. The van der Waals surface area contributed by atoms with Crippen LogP contribution < -0.4 is 0 Å². The third-order valence-electron chi connectivity index (χ3n) is 2.65. The molecular weight excluding hydrogens is 252 g/mol. The Kier molecular flexibility index (Phi) is 1.83. The van der Waals surface area contributed by atoms with E-state index in [1.165, 1.54) is 16.3 Å². The van der Waals surface area contributed by atoms with E-state index in [1.54, 1.807) is 0 Å². The molecular formula is C12H9BrN2. The lowest BCUT2D eigenvalue weighted by molar-refractivity contribution is 1.20. The number of aryl methyl sites for hydroxylation is 1. The normalized spacial score (nSPS) is 11.3. The molecule has 2 aromatic heterocycles. The molecule has 0 spiro atoms. The number of hydrogen-bond acceptors (Lipinski definition) is 1. The highest BCUT2D eigenvalue weighted by molar-refractivity contribution is 9.10. The van der Waals surface area contributed by atoms with Gasteiger partial charge < -0.3 is 4.40 Å². The summed E-state index contributed by atoms with van der Waals surface area (Å²) in [6.07, 6.45) is 4.01. The fourth-order valence-electron chi connectivity index (χ4n) is 1.96. The molecule has 0 saturated carbocycles. The van der Waals surface area contributed by atoms with E-state index < -0.39 is 0 Å². The van der Waals surface area contributed by atoms with E-state index >= 15 is 0 Å². The van der Waals surface area contributed by atoms with E-state index in [-0.39, 0.29) is 0 Å². The Morgan fingerprint density at radius 1 is 1.27 bits per heavy atom. The topological polar surface area (TPSA) is 17.3 Å². The van der Waals surface area contributed by atoms with E-state index in [1.807, 2.05) is 16.8 Å². The average molecular weight is 261 g/mol. The molecule has 3 aromatic rings. The highest BCUT2D eigenvalue weighted by atomic mass is 79.9. The standard InChI is InChI=1S/C12H9BrN2/c1-8-3-2-4-9-5-6-15-7-10(13)14-12(15)11(8)9/h2-7H,1H3. The summed E-state index contributed by atoms with van der Waals surface area (Å²) in [5.41, 5.74) is 2.27. The lowest BCUT2D eigenvalue weighted by atomic mass is 10.1. The van der Waals surface area contributed by atoms with Crippen molar-refractivity contribution in [2.75, 3.05) is 0 Å². The predicted octanol–water partition coefficient (Wildman–Crippen LogP) is 3.56. The molecule has 3 heteroatoms. The van der Waals surface area contributed by atoms with Crippen LogP contribution in [0.1, 0.15) is 5.56 Å². The lowest BCUT2D eigenvalue weighted by Gasteiger charge is -2.03. The molecule has 2 heterocycles. The lowest BCUT2D eigenvalue weighted by Crippen LogP contribution is -1.86. The maximum atomic E-state index is 4.48. The Hall–Kier alpha value is -1.35. The molecule has 1 aromatic carbocycles. The maximum Gasteiger partial charge on any atom is 0.146 e. The van der Waals surface area contributed by atoms with Gasteiger partial charge in [0.2, 0.25) is 0 Å². The molecule has 0 amide bonds. The van der Waals surface area contributed by atoms with Gasteiger partial charge in [-0.3, -0.25) is 0 Å². The van der Waals surface area contributed by atoms with Gasteiger partial charge in [0.1, 0.15) is 10.3 Å². The number of benzene rings is 1. The molecule has 2 nitrogen and oxygen atoms in total. The van der Waals surface area contributed by atoms with Gasteiger partial charge in [-0.25, -0.2) is 4.98 Å². The van der Waals surface area contributed by atoms with Crippen molar-refractivity contribution >= 4 is 32.3 Å². The van der Waals surface area contributed by atoms with Crippen molar-refractivity contribution in [3.05, 3.63) is 46.8 Å². The number of aromatic nitrogens is 2. The van der Waals surface area contributed by atoms with E-state index in [2.05, 4.69) is 52.1 Å². The first kappa shape index (κ1) is 8.92. The quantitative estimate of drug-likeness (QED) is 0.604. The second-order valence-corrected chi connectivity index (χ2v) is 4.46. The number of rotatable bonds is 0. The Bertz CT molecular complexity index is 655. The van der Waals surface area contributed by atoms with Crippen molar-refractivity contribution in [1.82, 2.24) is 9.38 Å². The minimum absolute atomic E-state index is 0.873. The van der Waals surface area contributed by atoms with Gasteiger partial charge in [-0.05, 0) is 39.9 Å². The number of fused-ring (bicyclic) bond motifs is 3. The first-order valence-electron chi connectivity index (χ1n) is 4.78. The van der Waals surface area contributed by atoms with Gasteiger partial charge in [-0.2, -0.15) is 0 Å². The molecule has 0 aliphatic carbocycles. The van der Waals surface area contributed by atoms with E-state index in [0.29, 0.717) is 0 Å². The molecule has 0 N–H and O–H groups in total. The van der Waals surface area contributed by atoms with E-state index in [4.69, 9.17) is 0 Å². The van der Waals surface area contributed by atoms with Crippen molar-refractivity contribution in [2.24, 2.45) is 0 Å². The summed E-state index contributed by atoms with van der Waals surface area (Å²) < 4.78 is 2.91. The van der Waals surface area contributed by atoms with Crippen LogP contribution in [0.25, 0.3) is 16.4 Å². The number of imidazole rings is 1. The van der Waals surface area contributed by atoms with Crippen molar-refractivity contribution in [3.8, 4) is 0 Å². The molecule has 15 heavy (non-hydrogen) atoms. The van der Waals surface area contributed by atoms with Gasteiger partial charge in [0, 0.05) is 17.8 Å². The molecule has 74 valence electrons. The summed E-state index contributed by atoms with van der Waals surface area (Å²) in [7, 11) is 0. The molecule has 0 aliphatic rings. The van der Waals surface area contributed by atoms with Crippen LogP contribution in [-0.2, 0) is 0 Å². The summed E-state index contributed by atoms with van der Waals surface area (Å²) in [6, 6.07) is 8.42. The fraction of sp³-hybridized carbons (Fsp3) is 0.0833. The Morgan fingerprint density at radius 2 is 2.13 bits per heavy atom. The SMILES string of the molecule is Cc1cccc2ccn3cc(Br)nc3c12. The van der Waals surface area contributed by atoms with Gasteiger partial charge in [0.25, 0.3) is 0 Å². The summed E-state index contributed by atoms with van der Waals surface area (Å²) in [5, 5.41) is 2.46. The molecule has 0 radical (unpaired) electrons. The average Bonchev–Trinajstić information content (AvgIpc) is 2.58. The van der Waals surface area contributed by atoms with Crippen LogP contribution in [0, 0.1) is 6.92 Å². The zero-order chi connectivity index (χ0) is 10.4. The number of hydrogen-bond donors (Lipinski definition) is 0. The minimum atomic E-state index is 0.873. The zero-order valence-electron chi connectivity index (χ0n) is 8.24. The van der Waals surface area contributed by atoms with Crippen molar-refractivity contribution in [2.45, 2.75) is 6.92 Å². The third kappa shape index (κ3) is 1.27.